The third-order valence-corrected chi connectivity index (χ3v) is 3.82. The quantitative estimate of drug-likeness (QED) is 0.862. The summed E-state index contributed by atoms with van der Waals surface area (Å²) in [6.45, 7) is 4.38. The van der Waals surface area contributed by atoms with Crippen molar-refractivity contribution in [2.75, 3.05) is 0 Å². The van der Waals surface area contributed by atoms with Gasteiger partial charge in [0.25, 0.3) is 0 Å². The Balaban J connectivity index is 2.21. The van der Waals surface area contributed by atoms with Gasteiger partial charge in [0, 0.05) is 12.5 Å². The normalized spacial score (nSPS) is 28.6. The zero-order valence-electron chi connectivity index (χ0n) is 11.5. The predicted molar refractivity (Wildman–Crippen MR) is 74.2 cm³/mol. The standard InChI is InChI=1S/C16H24FN/c1-12(2)9-13-5-3-6-14(10-13)16(17)8-4-7-15(18)11-16/h3,5-6,10,12,15H,4,7-9,11,18H2,1-2H3. The van der Waals surface area contributed by atoms with Gasteiger partial charge in [-0.1, -0.05) is 38.1 Å². The molecule has 1 aromatic rings. The zero-order chi connectivity index (χ0) is 13.2. The van der Waals surface area contributed by atoms with Crippen molar-refractivity contribution >= 4 is 0 Å². The van der Waals surface area contributed by atoms with E-state index in [0.717, 1.165) is 24.8 Å². The minimum Gasteiger partial charge on any atom is -0.328 e. The molecule has 0 radical (unpaired) electrons. The molecule has 1 saturated carbocycles. The summed E-state index contributed by atoms with van der Waals surface area (Å²) in [5, 5.41) is 0. The molecular weight excluding hydrogens is 225 g/mol. The average Bonchev–Trinajstić information content (AvgIpc) is 2.28. The van der Waals surface area contributed by atoms with Crippen LogP contribution in [-0.2, 0) is 12.1 Å². The van der Waals surface area contributed by atoms with E-state index in [9.17, 15) is 4.39 Å². The lowest BCUT2D eigenvalue weighted by Gasteiger charge is -2.33. The minimum absolute atomic E-state index is 0.0116. The summed E-state index contributed by atoms with van der Waals surface area (Å²) in [6, 6.07) is 8.04. The number of hydrogen-bond acceptors (Lipinski definition) is 1. The van der Waals surface area contributed by atoms with Gasteiger partial charge in [-0.3, -0.25) is 0 Å². The molecule has 100 valence electrons. The molecule has 1 nitrogen and oxygen atoms in total. The van der Waals surface area contributed by atoms with E-state index in [1.165, 1.54) is 5.56 Å². The topological polar surface area (TPSA) is 26.0 Å². The van der Waals surface area contributed by atoms with Gasteiger partial charge in [-0.25, -0.2) is 4.39 Å². The van der Waals surface area contributed by atoms with E-state index < -0.39 is 5.67 Å². The van der Waals surface area contributed by atoms with Crippen molar-refractivity contribution < 1.29 is 4.39 Å². The first kappa shape index (κ1) is 13.5. The second kappa shape index (κ2) is 5.40. The zero-order valence-corrected chi connectivity index (χ0v) is 11.5. The third-order valence-electron chi connectivity index (χ3n) is 3.82. The van der Waals surface area contributed by atoms with E-state index in [4.69, 9.17) is 5.73 Å². The first-order chi connectivity index (χ1) is 8.49. The maximum Gasteiger partial charge on any atom is 0.137 e. The molecule has 2 heteroatoms. The molecule has 2 rings (SSSR count). The number of rotatable bonds is 3. The van der Waals surface area contributed by atoms with Gasteiger partial charge in [0.15, 0.2) is 0 Å². The van der Waals surface area contributed by atoms with Crippen LogP contribution in [0.1, 0.15) is 50.7 Å². The molecule has 0 aromatic heterocycles. The van der Waals surface area contributed by atoms with Crippen molar-refractivity contribution in [3.05, 3.63) is 35.4 Å². The number of hydrogen-bond donors (Lipinski definition) is 1. The second-order valence-corrected chi connectivity index (χ2v) is 6.12. The monoisotopic (exact) mass is 249 g/mol. The van der Waals surface area contributed by atoms with Gasteiger partial charge in [-0.2, -0.15) is 0 Å². The molecule has 2 atom stereocenters. The first-order valence-corrected chi connectivity index (χ1v) is 7.03. The minimum atomic E-state index is -1.20. The van der Waals surface area contributed by atoms with Gasteiger partial charge >= 0.3 is 0 Å². The van der Waals surface area contributed by atoms with Crippen LogP contribution in [0.15, 0.2) is 24.3 Å². The maximum atomic E-state index is 15.0. The summed E-state index contributed by atoms with van der Waals surface area (Å²) in [5.41, 5.74) is 6.79. The van der Waals surface area contributed by atoms with E-state index in [1.807, 2.05) is 18.2 Å². The highest BCUT2D eigenvalue weighted by atomic mass is 19.1. The van der Waals surface area contributed by atoms with Crippen molar-refractivity contribution in [2.24, 2.45) is 11.7 Å². The lowest BCUT2D eigenvalue weighted by Crippen LogP contribution is -2.36. The maximum absolute atomic E-state index is 15.0. The van der Waals surface area contributed by atoms with Crippen LogP contribution in [0, 0.1) is 5.92 Å². The molecule has 1 aliphatic carbocycles. The Bertz CT molecular complexity index is 402. The van der Waals surface area contributed by atoms with Crippen LogP contribution < -0.4 is 5.73 Å². The summed E-state index contributed by atoms with van der Waals surface area (Å²) in [4.78, 5) is 0. The highest BCUT2D eigenvalue weighted by molar-refractivity contribution is 5.29. The van der Waals surface area contributed by atoms with Crippen molar-refractivity contribution in [2.45, 2.75) is 57.7 Å². The molecule has 1 fully saturated rings. The van der Waals surface area contributed by atoms with E-state index >= 15 is 0 Å². The van der Waals surface area contributed by atoms with Crippen molar-refractivity contribution in [3.8, 4) is 0 Å². The average molecular weight is 249 g/mol. The van der Waals surface area contributed by atoms with Crippen LogP contribution in [0.5, 0.6) is 0 Å². The van der Waals surface area contributed by atoms with Gasteiger partial charge < -0.3 is 5.73 Å². The Morgan fingerprint density at radius 3 is 2.89 bits per heavy atom. The Kier molecular flexibility index (Phi) is 4.06. The van der Waals surface area contributed by atoms with Crippen molar-refractivity contribution in [1.29, 1.82) is 0 Å². The molecule has 1 aliphatic rings. The first-order valence-electron chi connectivity index (χ1n) is 7.03. The Morgan fingerprint density at radius 2 is 2.22 bits per heavy atom. The summed E-state index contributed by atoms with van der Waals surface area (Å²) < 4.78 is 15.0. The summed E-state index contributed by atoms with van der Waals surface area (Å²) in [7, 11) is 0. The van der Waals surface area contributed by atoms with Crippen LogP contribution >= 0.6 is 0 Å². The number of nitrogens with two attached hydrogens (primary N) is 1. The molecule has 0 saturated heterocycles. The molecule has 18 heavy (non-hydrogen) atoms. The van der Waals surface area contributed by atoms with Gasteiger partial charge in [0.2, 0.25) is 0 Å². The van der Waals surface area contributed by atoms with Crippen LogP contribution in [0.25, 0.3) is 0 Å². The second-order valence-electron chi connectivity index (χ2n) is 6.12. The smallest absolute Gasteiger partial charge is 0.137 e. The number of benzene rings is 1. The molecule has 0 heterocycles. The fourth-order valence-corrected chi connectivity index (χ4v) is 2.97. The summed E-state index contributed by atoms with van der Waals surface area (Å²) >= 11 is 0. The van der Waals surface area contributed by atoms with E-state index in [1.54, 1.807) is 0 Å². The largest absolute Gasteiger partial charge is 0.328 e. The summed E-state index contributed by atoms with van der Waals surface area (Å²) in [5.74, 6) is 0.601. The van der Waals surface area contributed by atoms with Gasteiger partial charge in [0.05, 0.1) is 0 Å². The van der Waals surface area contributed by atoms with Crippen LogP contribution in [0.3, 0.4) is 0 Å². The molecule has 0 amide bonds. The van der Waals surface area contributed by atoms with Crippen molar-refractivity contribution in [1.82, 2.24) is 0 Å². The van der Waals surface area contributed by atoms with Crippen LogP contribution in [0.4, 0.5) is 4.39 Å². The van der Waals surface area contributed by atoms with Crippen molar-refractivity contribution in [3.63, 3.8) is 0 Å². The Labute approximate surface area is 110 Å². The predicted octanol–water partition coefficient (Wildman–Crippen LogP) is 3.95. The molecule has 2 N–H and O–H groups in total. The fraction of sp³-hybridized carbons (Fsp3) is 0.625. The highest BCUT2D eigenvalue weighted by Crippen LogP contribution is 2.40. The van der Waals surface area contributed by atoms with E-state index in [0.29, 0.717) is 18.8 Å². The van der Waals surface area contributed by atoms with E-state index in [-0.39, 0.29) is 6.04 Å². The third kappa shape index (κ3) is 3.11. The fourth-order valence-electron chi connectivity index (χ4n) is 2.97. The Morgan fingerprint density at radius 1 is 1.44 bits per heavy atom. The molecule has 0 aliphatic heterocycles. The highest BCUT2D eigenvalue weighted by Gasteiger charge is 2.36. The molecule has 1 aromatic carbocycles. The lowest BCUT2D eigenvalue weighted by atomic mass is 9.78. The van der Waals surface area contributed by atoms with Gasteiger partial charge in [-0.05, 0) is 42.7 Å². The van der Waals surface area contributed by atoms with Gasteiger partial charge in [0.1, 0.15) is 5.67 Å². The number of halogens is 1. The van der Waals surface area contributed by atoms with Crippen LogP contribution in [-0.4, -0.2) is 6.04 Å². The molecule has 0 spiro atoms. The SMILES string of the molecule is CC(C)Cc1cccc(C2(F)CCCC(N)C2)c1. The molecule has 0 bridgehead atoms. The molecule has 2 unspecified atom stereocenters. The Hall–Kier alpha value is -0.890. The van der Waals surface area contributed by atoms with Crippen LogP contribution in [0.2, 0.25) is 0 Å². The van der Waals surface area contributed by atoms with E-state index in [2.05, 4.69) is 19.9 Å². The lowest BCUT2D eigenvalue weighted by molar-refractivity contribution is 0.0947. The number of alkyl halides is 1. The van der Waals surface area contributed by atoms with Gasteiger partial charge in [-0.15, -0.1) is 0 Å². The summed E-state index contributed by atoms with van der Waals surface area (Å²) in [6.07, 6.45) is 3.95. The molecular formula is C16H24FN.